The van der Waals surface area contributed by atoms with Crippen molar-refractivity contribution >= 4 is 45.0 Å². The van der Waals surface area contributed by atoms with Gasteiger partial charge in [-0.15, -0.1) is 10.2 Å². The van der Waals surface area contributed by atoms with Crippen LogP contribution in [0.5, 0.6) is 0 Å². The van der Waals surface area contributed by atoms with Gasteiger partial charge in [0.2, 0.25) is 5.13 Å². The normalized spacial score (nSPS) is 11.0. The number of benzene rings is 1. The summed E-state index contributed by atoms with van der Waals surface area (Å²) >= 11 is 2.88. The van der Waals surface area contributed by atoms with E-state index in [9.17, 15) is 4.79 Å². The van der Waals surface area contributed by atoms with E-state index < -0.39 is 0 Å². The number of carbonyl (C=O) groups is 1. The fourth-order valence-electron chi connectivity index (χ4n) is 1.84. The monoisotopic (exact) mass is 319 g/mol. The Kier molecular flexibility index (Phi) is 3.94. The highest BCUT2D eigenvalue weighted by Gasteiger charge is 2.15. The van der Waals surface area contributed by atoms with Crippen molar-refractivity contribution in [2.75, 3.05) is 24.7 Å². The lowest BCUT2D eigenvalue weighted by molar-refractivity contribution is 0.102. The number of hydrogen-bond acceptors (Lipinski definition) is 7. The van der Waals surface area contributed by atoms with E-state index in [1.54, 1.807) is 0 Å². The molecule has 0 N–H and O–H groups in total. The summed E-state index contributed by atoms with van der Waals surface area (Å²) in [4.78, 5) is 14.2. The standard InChI is InChI=1S/C14H13N3O2S2/c1-17(2)13-15-16-14(21-13)20-8-11(18)10-7-19-12-6-4-3-5-9(10)12/h3-7H,8H2,1-2H3. The van der Waals surface area contributed by atoms with Crippen molar-refractivity contribution in [3.63, 3.8) is 0 Å². The van der Waals surface area contributed by atoms with Gasteiger partial charge in [0.25, 0.3) is 0 Å². The Morgan fingerprint density at radius 3 is 2.90 bits per heavy atom. The molecule has 0 aliphatic heterocycles. The number of thioether (sulfide) groups is 1. The zero-order valence-corrected chi connectivity index (χ0v) is 13.2. The fraction of sp³-hybridized carbons (Fsp3) is 0.214. The van der Waals surface area contributed by atoms with Crippen molar-refractivity contribution in [3.8, 4) is 0 Å². The molecule has 7 heteroatoms. The average molecular weight is 319 g/mol. The van der Waals surface area contributed by atoms with E-state index in [4.69, 9.17) is 4.42 Å². The van der Waals surface area contributed by atoms with Crippen LogP contribution in [0.4, 0.5) is 5.13 Å². The van der Waals surface area contributed by atoms with E-state index in [0.29, 0.717) is 11.3 Å². The Morgan fingerprint density at radius 2 is 2.14 bits per heavy atom. The Balaban J connectivity index is 1.71. The van der Waals surface area contributed by atoms with E-state index in [1.165, 1.54) is 29.4 Å². The van der Waals surface area contributed by atoms with Crippen molar-refractivity contribution in [1.82, 2.24) is 10.2 Å². The molecule has 0 atom stereocenters. The van der Waals surface area contributed by atoms with Gasteiger partial charge >= 0.3 is 0 Å². The first-order chi connectivity index (χ1) is 10.1. The number of nitrogens with zero attached hydrogens (tertiary/aromatic N) is 3. The van der Waals surface area contributed by atoms with Crippen molar-refractivity contribution in [2.24, 2.45) is 0 Å². The molecule has 0 aliphatic carbocycles. The largest absolute Gasteiger partial charge is 0.464 e. The molecular weight excluding hydrogens is 306 g/mol. The lowest BCUT2D eigenvalue weighted by Gasteiger charge is -2.03. The first kappa shape index (κ1) is 14.1. The molecule has 0 aliphatic rings. The third-order valence-corrected chi connectivity index (χ3v) is 5.11. The summed E-state index contributed by atoms with van der Waals surface area (Å²) in [6.07, 6.45) is 1.53. The molecule has 0 spiro atoms. The Hall–Kier alpha value is -1.86. The second-order valence-electron chi connectivity index (χ2n) is 4.60. The SMILES string of the molecule is CN(C)c1nnc(SCC(=O)c2coc3ccccc23)s1. The molecule has 0 radical (unpaired) electrons. The molecule has 0 saturated heterocycles. The number of rotatable bonds is 5. The van der Waals surface area contributed by atoms with Gasteiger partial charge in [-0.1, -0.05) is 41.3 Å². The summed E-state index contributed by atoms with van der Waals surface area (Å²) in [5.41, 5.74) is 1.35. The van der Waals surface area contributed by atoms with Gasteiger partial charge in [-0.05, 0) is 6.07 Å². The number of Topliss-reactive ketones (excluding diaryl/α,β-unsaturated/α-hetero) is 1. The van der Waals surface area contributed by atoms with E-state index in [1.807, 2.05) is 43.3 Å². The number of aromatic nitrogens is 2. The van der Waals surface area contributed by atoms with Crippen LogP contribution in [0.1, 0.15) is 10.4 Å². The average Bonchev–Trinajstić information content (AvgIpc) is 3.11. The summed E-state index contributed by atoms with van der Waals surface area (Å²) in [6.45, 7) is 0. The van der Waals surface area contributed by atoms with E-state index in [2.05, 4.69) is 10.2 Å². The highest BCUT2D eigenvalue weighted by molar-refractivity contribution is 8.01. The van der Waals surface area contributed by atoms with Crippen molar-refractivity contribution < 1.29 is 9.21 Å². The fourth-order valence-corrected chi connectivity index (χ4v) is 3.49. The van der Waals surface area contributed by atoms with Crippen molar-refractivity contribution in [1.29, 1.82) is 0 Å². The summed E-state index contributed by atoms with van der Waals surface area (Å²) in [5, 5.41) is 9.81. The lowest BCUT2D eigenvalue weighted by atomic mass is 10.1. The molecule has 2 aromatic heterocycles. The maximum Gasteiger partial charge on any atom is 0.208 e. The second kappa shape index (κ2) is 5.87. The van der Waals surface area contributed by atoms with Crippen molar-refractivity contribution in [2.45, 2.75) is 4.34 Å². The molecule has 0 saturated carbocycles. The van der Waals surface area contributed by atoms with E-state index in [0.717, 1.165) is 20.4 Å². The van der Waals surface area contributed by atoms with Crippen LogP contribution in [0.2, 0.25) is 0 Å². The maximum atomic E-state index is 12.3. The molecule has 0 amide bonds. The highest BCUT2D eigenvalue weighted by atomic mass is 32.2. The summed E-state index contributed by atoms with van der Waals surface area (Å²) in [5.74, 6) is 0.359. The van der Waals surface area contributed by atoms with Gasteiger partial charge in [-0.25, -0.2) is 0 Å². The number of fused-ring (bicyclic) bond motifs is 1. The molecule has 2 heterocycles. The van der Waals surface area contributed by atoms with E-state index in [-0.39, 0.29) is 5.78 Å². The van der Waals surface area contributed by atoms with Gasteiger partial charge in [-0.2, -0.15) is 0 Å². The molecule has 108 valence electrons. The van der Waals surface area contributed by atoms with Crippen LogP contribution in [-0.4, -0.2) is 35.8 Å². The molecule has 0 bridgehead atoms. The van der Waals surface area contributed by atoms with Crippen LogP contribution in [0, 0.1) is 0 Å². The molecule has 1 aromatic carbocycles. The zero-order chi connectivity index (χ0) is 14.8. The van der Waals surface area contributed by atoms with Gasteiger partial charge in [0, 0.05) is 19.5 Å². The molecule has 0 unspecified atom stereocenters. The van der Waals surface area contributed by atoms with Crippen LogP contribution in [0.25, 0.3) is 11.0 Å². The lowest BCUT2D eigenvalue weighted by Crippen LogP contribution is -2.07. The Bertz CT molecular complexity index is 779. The summed E-state index contributed by atoms with van der Waals surface area (Å²) in [7, 11) is 3.83. The van der Waals surface area contributed by atoms with Crippen LogP contribution < -0.4 is 4.90 Å². The quantitative estimate of drug-likeness (QED) is 0.531. The predicted octanol–water partition coefficient (Wildman–Crippen LogP) is 3.33. The third kappa shape index (κ3) is 2.93. The zero-order valence-electron chi connectivity index (χ0n) is 11.6. The highest BCUT2D eigenvalue weighted by Crippen LogP contribution is 2.28. The van der Waals surface area contributed by atoms with Crippen LogP contribution in [0.15, 0.2) is 39.3 Å². The van der Waals surface area contributed by atoms with Gasteiger partial charge in [0.1, 0.15) is 11.8 Å². The molecule has 0 fully saturated rings. The smallest absolute Gasteiger partial charge is 0.208 e. The second-order valence-corrected chi connectivity index (χ2v) is 6.78. The van der Waals surface area contributed by atoms with Gasteiger partial charge in [0.15, 0.2) is 10.1 Å². The number of furan rings is 1. The van der Waals surface area contributed by atoms with Gasteiger partial charge in [0.05, 0.1) is 11.3 Å². The van der Waals surface area contributed by atoms with Gasteiger partial charge in [-0.3, -0.25) is 4.79 Å². The van der Waals surface area contributed by atoms with Crippen LogP contribution >= 0.6 is 23.1 Å². The third-order valence-electron chi connectivity index (χ3n) is 2.89. The molecular formula is C14H13N3O2S2. The Morgan fingerprint density at radius 1 is 1.33 bits per heavy atom. The number of anilines is 1. The summed E-state index contributed by atoms with van der Waals surface area (Å²) in [6, 6.07) is 7.54. The minimum Gasteiger partial charge on any atom is -0.464 e. The maximum absolute atomic E-state index is 12.3. The number of carbonyl (C=O) groups excluding carboxylic acids is 1. The predicted molar refractivity (Wildman–Crippen MR) is 85.5 cm³/mol. The van der Waals surface area contributed by atoms with Crippen LogP contribution in [0.3, 0.4) is 0 Å². The number of ketones is 1. The number of para-hydroxylation sites is 1. The Labute approximate surface area is 130 Å². The minimum absolute atomic E-state index is 0.0338. The first-order valence-electron chi connectivity index (χ1n) is 6.28. The molecule has 5 nitrogen and oxygen atoms in total. The first-order valence-corrected chi connectivity index (χ1v) is 8.08. The summed E-state index contributed by atoms with van der Waals surface area (Å²) < 4.78 is 6.19. The van der Waals surface area contributed by atoms with Crippen LogP contribution in [-0.2, 0) is 0 Å². The minimum atomic E-state index is 0.0338. The molecule has 3 aromatic rings. The number of hydrogen-bond donors (Lipinski definition) is 0. The van der Waals surface area contributed by atoms with Crippen molar-refractivity contribution in [3.05, 3.63) is 36.1 Å². The van der Waals surface area contributed by atoms with E-state index >= 15 is 0 Å². The van der Waals surface area contributed by atoms with Gasteiger partial charge < -0.3 is 9.32 Å². The molecule has 21 heavy (non-hydrogen) atoms. The molecule has 3 rings (SSSR count). The topological polar surface area (TPSA) is 59.2 Å².